The third-order valence-electron chi connectivity index (χ3n) is 3.49. The summed E-state index contributed by atoms with van der Waals surface area (Å²) in [6.07, 6.45) is 1.12. The van der Waals surface area contributed by atoms with Crippen LogP contribution in [-0.2, 0) is 9.59 Å². The highest BCUT2D eigenvalue weighted by molar-refractivity contribution is 5.89. The number of carboxylic acids is 1. The van der Waals surface area contributed by atoms with E-state index in [0.29, 0.717) is 13.0 Å². The maximum atomic E-state index is 12.0. The summed E-state index contributed by atoms with van der Waals surface area (Å²) in [4.78, 5) is 23.1. The third-order valence-corrected chi connectivity index (χ3v) is 3.49. The van der Waals surface area contributed by atoms with E-state index in [1.165, 1.54) is 0 Å². The van der Waals surface area contributed by atoms with Crippen molar-refractivity contribution in [1.29, 1.82) is 0 Å². The van der Waals surface area contributed by atoms with Crippen LogP contribution in [0.25, 0.3) is 0 Å². The van der Waals surface area contributed by atoms with Gasteiger partial charge in [0.15, 0.2) is 0 Å². The Morgan fingerprint density at radius 1 is 1.56 bits per heavy atom. The first kappa shape index (κ1) is 13.0. The van der Waals surface area contributed by atoms with Gasteiger partial charge >= 0.3 is 5.97 Å². The van der Waals surface area contributed by atoms with E-state index in [9.17, 15) is 9.59 Å². The van der Waals surface area contributed by atoms with E-state index in [1.807, 2.05) is 6.92 Å². The zero-order chi connectivity index (χ0) is 12.4. The van der Waals surface area contributed by atoms with Crippen molar-refractivity contribution in [2.24, 2.45) is 5.41 Å². The zero-order valence-electron chi connectivity index (χ0n) is 10.1. The predicted molar refractivity (Wildman–Crippen MR) is 60.1 cm³/mol. The lowest BCUT2D eigenvalue weighted by atomic mass is 9.87. The van der Waals surface area contributed by atoms with Crippen molar-refractivity contribution >= 4 is 11.9 Å². The maximum absolute atomic E-state index is 12.0. The Morgan fingerprint density at radius 2 is 2.19 bits per heavy atom. The second-order valence-electron chi connectivity index (χ2n) is 4.93. The first-order valence-corrected chi connectivity index (χ1v) is 5.61. The number of nitrogens with one attached hydrogen (secondary N) is 2. The summed E-state index contributed by atoms with van der Waals surface area (Å²) in [5, 5.41) is 14.8. The number of rotatable bonds is 4. The van der Waals surface area contributed by atoms with E-state index >= 15 is 0 Å². The fourth-order valence-corrected chi connectivity index (χ4v) is 1.71. The third kappa shape index (κ3) is 2.35. The van der Waals surface area contributed by atoms with E-state index in [0.717, 1.165) is 13.0 Å². The van der Waals surface area contributed by atoms with Gasteiger partial charge in [-0.3, -0.25) is 4.79 Å². The van der Waals surface area contributed by atoms with Gasteiger partial charge in [0.05, 0.1) is 5.41 Å². The molecule has 1 heterocycles. The second kappa shape index (κ2) is 4.41. The molecule has 0 bridgehead atoms. The summed E-state index contributed by atoms with van der Waals surface area (Å²) < 4.78 is 0. The summed E-state index contributed by atoms with van der Waals surface area (Å²) in [6, 6.07) is 0. The van der Waals surface area contributed by atoms with Crippen LogP contribution >= 0.6 is 0 Å². The average molecular weight is 228 g/mol. The van der Waals surface area contributed by atoms with Gasteiger partial charge in [-0.15, -0.1) is 0 Å². The molecule has 5 heteroatoms. The normalized spacial score (nSPS) is 28.4. The minimum atomic E-state index is -1.16. The van der Waals surface area contributed by atoms with Gasteiger partial charge in [-0.25, -0.2) is 4.79 Å². The highest BCUT2D eigenvalue weighted by atomic mass is 16.4. The minimum Gasteiger partial charge on any atom is -0.480 e. The molecular weight excluding hydrogens is 208 g/mol. The Kier molecular flexibility index (Phi) is 3.57. The van der Waals surface area contributed by atoms with Gasteiger partial charge < -0.3 is 15.7 Å². The molecule has 0 aromatic rings. The van der Waals surface area contributed by atoms with Crippen molar-refractivity contribution in [1.82, 2.24) is 10.6 Å². The summed E-state index contributed by atoms with van der Waals surface area (Å²) >= 11 is 0. The molecule has 0 spiro atoms. The first-order valence-electron chi connectivity index (χ1n) is 5.61. The van der Waals surface area contributed by atoms with Crippen LogP contribution in [0.1, 0.15) is 33.6 Å². The van der Waals surface area contributed by atoms with Gasteiger partial charge in [-0.05, 0) is 33.2 Å². The van der Waals surface area contributed by atoms with Crippen LogP contribution in [0.15, 0.2) is 0 Å². The summed E-state index contributed by atoms with van der Waals surface area (Å²) in [5.41, 5.74) is -1.64. The van der Waals surface area contributed by atoms with Crippen molar-refractivity contribution in [3.63, 3.8) is 0 Å². The number of amides is 1. The van der Waals surface area contributed by atoms with E-state index in [-0.39, 0.29) is 5.91 Å². The van der Waals surface area contributed by atoms with Crippen LogP contribution in [0.5, 0.6) is 0 Å². The predicted octanol–water partition coefficient (Wildman–Crippen LogP) is 0.356. The molecule has 2 atom stereocenters. The molecule has 1 fully saturated rings. The van der Waals surface area contributed by atoms with E-state index in [4.69, 9.17) is 5.11 Å². The lowest BCUT2D eigenvalue weighted by molar-refractivity contribution is -0.148. The second-order valence-corrected chi connectivity index (χ2v) is 4.93. The van der Waals surface area contributed by atoms with Crippen LogP contribution in [0.3, 0.4) is 0 Å². The average Bonchev–Trinajstić information content (AvgIpc) is 2.66. The largest absolute Gasteiger partial charge is 0.480 e. The maximum Gasteiger partial charge on any atom is 0.329 e. The summed E-state index contributed by atoms with van der Waals surface area (Å²) in [6.45, 7) is 6.57. The Bertz CT molecular complexity index is 298. The highest BCUT2D eigenvalue weighted by Crippen LogP contribution is 2.26. The summed E-state index contributed by atoms with van der Waals surface area (Å²) in [5.74, 6) is -1.16. The van der Waals surface area contributed by atoms with E-state index < -0.39 is 16.9 Å². The molecule has 5 nitrogen and oxygen atoms in total. The van der Waals surface area contributed by atoms with Crippen molar-refractivity contribution < 1.29 is 14.7 Å². The van der Waals surface area contributed by atoms with Crippen molar-refractivity contribution in [3.8, 4) is 0 Å². The van der Waals surface area contributed by atoms with Crippen LogP contribution in [0.2, 0.25) is 0 Å². The van der Waals surface area contributed by atoms with Gasteiger partial charge in [0.2, 0.25) is 5.91 Å². The lowest BCUT2D eigenvalue weighted by Gasteiger charge is -2.30. The summed E-state index contributed by atoms with van der Waals surface area (Å²) in [7, 11) is 0. The Labute approximate surface area is 95.6 Å². The fourth-order valence-electron chi connectivity index (χ4n) is 1.71. The van der Waals surface area contributed by atoms with E-state index in [2.05, 4.69) is 10.6 Å². The fraction of sp³-hybridized carbons (Fsp3) is 0.818. The standard InChI is InChI=1S/C11H20N2O3/c1-4-11(3,9(15)16)13-8(14)10(2)5-6-12-7-10/h12H,4-7H2,1-3H3,(H,13,14)(H,15,16). The quantitative estimate of drug-likeness (QED) is 0.649. The van der Waals surface area contributed by atoms with Crippen LogP contribution in [-0.4, -0.2) is 35.6 Å². The van der Waals surface area contributed by atoms with Crippen molar-refractivity contribution in [2.45, 2.75) is 39.2 Å². The number of carbonyl (C=O) groups is 2. The molecule has 0 aliphatic carbocycles. The molecule has 1 saturated heterocycles. The SMILES string of the molecule is CCC(C)(NC(=O)C1(C)CCNC1)C(=O)O. The highest BCUT2D eigenvalue weighted by Gasteiger charge is 2.41. The molecule has 1 rings (SSSR count). The Balaban J connectivity index is 2.73. The van der Waals surface area contributed by atoms with Gasteiger partial charge in [0.1, 0.15) is 5.54 Å². The number of carboxylic acid groups (broad SMARTS) is 1. The van der Waals surface area contributed by atoms with Crippen LogP contribution < -0.4 is 10.6 Å². The molecule has 1 amide bonds. The number of hydrogen-bond donors (Lipinski definition) is 3. The van der Waals surface area contributed by atoms with Gasteiger partial charge in [0.25, 0.3) is 0 Å². The molecule has 0 aromatic heterocycles. The van der Waals surface area contributed by atoms with Crippen molar-refractivity contribution in [3.05, 3.63) is 0 Å². The van der Waals surface area contributed by atoms with Gasteiger partial charge in [0, 0.05) is 6.54 Å². The minimum absolute atomic E-state index is 0.177. The molecule has 1 aliphatic heterocycles. The molecule has 0 radical (unpaired) electrons. The lowest BCUT2D eigenvalue weighted by Crippen LogP contribution is -2.56. The Hall–Kier alpha value is -1.10. The van der Waals surface area contributed by atoms with Crippen LogP contribution in [0, 0.1) is 5.41 Å². The van der Waals surface area contributed by atoms with Crippen molar-refractivity contribution in [2.75, 3.05) is 13.1 Å². The molecule has 2 unspecified atom stereocenters. The number of carbonyl (C=O) groups excluding carboxylic acids is 1. The van der Waals surface area contributed by atoms with Gasteiger partial charge in [-0.1, -0.05) is 6.92 Å². The zero-order valence-corrected chi connectivity index (χ0v) is 10.1. The molecule has 0 aromatic carbocycles. The number of hydrogen-bond acceptors (Lipinski definition) is 3. The molecular formula is C11H20N2O3. The monoisotopic (exact) mass is 228 g/mol. The molecule has 3 N–H and O–H groups in total. The topological polar surface area (TPSA) is 78.4 Å². The first-order chi connectivity index (χ1) is 7.34. The molecule has 16 heavy (non-hydrogen) atoms. The van der Waals surface area contributed by atoms with E-state index in [1.54, 1.807) is 13.8 Å². The van der Waals surface area contributed by atoms with Crippen LogP contribution in [0.4, 0.5) is 0 Å². The molecule has 0 saturated carbocycles. The Morgan fingerprint density at radius 3 is 2.56 bits per heavy atom. The molecule has 92 valence electrons. The van der Waals surface area contributed by atoms with Gasteiger partial charge in [-0.2, -0.15) is 0 Å². The number of aliphatic carboxylic acids is 1. The molecule has 1 aliphatic rings. The smallest absolute Gasteiger partial charge is 0.329 e.